The van der Waals surface area contributed by atoms with Crippen molar-refractivity contribution < 1.29 is 4.74 Å². The van der Waals surface area contributed by atoms with Gasteiger partial charge in [-0.1, -0.05) is 12.1 Å². The van der Waals surface area contributed by atoms with Crippen LogP contribution in [0.2, 0.25) is 0 Å². The summed E-state index contributed by atoms with van der Waals surface area (Å²) in [4.78, 5) is 0. The molecule has 0 aliphatic rings. The Morgan fingerprint density at radius 2 is 2.25 bits per heavy atom. The van der Waals surface area contributed by atoms with Crippen LogP contribution in [0, 0.1) is 18.3 Å². The largest absolute Gasteiger partial charge is 0.493 e. The van der Waals surface area contributed by atoms with Crippen molar-refractivity contribution in [2.24, 2.45) is 5.73 Å². The number of nitrogens with two attached hydrogens (primary N) is 1. The molecule has 2 N–H and O–H groups in total. The molecule has 0 heterocycles. The number of nitrogens with zero attached hydrogens (tertiary/aromatic N) is 1. The van der Waals surface area contributed by atoms with E-state index >= 15 is 0 Å². The Morgan fingerprint density at radius 3 is 2.88 bits per heavy atom. The van der Waals surface area contributed by atoms with Gasteiger partial charge in [-0.15, -0.1) is 0 Å². The summed E-state index contributed by atoms with van der Waals surface area (Å²) in [5.74, 6) is 0.841. The van der Waals surface area contributed by atoms with Gasteiger partial charge >= 0.3 is 0 Å². The van der Waals surface area contributed by atoms with Crippen molar-refractivity contribution in [3.63, 3.8) is 0 Å². The summed E-state index contributed by atoms with van der Waals surface area (Å²) in [7, 11) is 0. The lowest BCUT2D eigenvalue weighted by Gasteiger charge is -2.14. The zero-order valence-electron chi connectivity index (χ0n) is 9.86. The Labute approximate surface area is 96.8 Å². The van der Waals surface area contributed by atoms with Gasteiger partial charge in [0.05, 0.1) is 12.7 Å². The number of ether oxygens (including phenoxy) is 1. The smallest absolute Gasteiger partial charge is 0.124 e. The third-order valence-corrected chi connectivity index (χ3v) is 2.35. The molecular formula is C13H18N2O. The van der Waals surface area contributed by atoms with Crippen molar-refractivity contribution in [2.75, 3.05) is 6.61 Å². The topological polar surface area (TPSA) is 59.0 Å². The Kier molecular flexibility index (Phi) is 4.81. The number of nitriles is 1. The van der Waals surface area contributed by atoms with E-state index < -0.39 is 0 Å². The van der Waals surface area contributed by atoms with Gasteiger partial charge in [0.15, 0.2) is 0 Å². The van der Waals surface area contributed by atoms with Crippen LogP contribution in [-0.4, -0.2) is 6.61 Å². The zero-order chi connectivity index (χ0) is 12.0. The maximum absolute atomic E-state index is 8.42. The van der Waals surface area contributed by atoms with E-state index in [4.69, 9.17) is 15.7 Å². The number of hydrogen-bond acceptors (Lipinski definition) is 3. The van der Waals surface area contributed by atoms with Gasteiger partial charge in [0.1, 0.15) is 5.75 Å². The molecule has 86 valence electrons. The van der Waals surface area contributed by atoms with Crippen LogP contribution in [-0.2, 0) is 0 Å². The number of rotatable bonds is 5. The minimum absolute atomic E-state index is 0.0356. The van der Waals surface area contributed by atoms with Gasteiger partial charge in [0.25, 0.3) is 0 Å². The molecule has 0 amide bonds. The van der Waals surface area contributed by atoms with Crippen molar-refractivity contribution in [3.8, 4) is 11.8 Å². The van der Waals surface area contributed by atoms with Gasteiger partial charge in [-0.2, -0.15) is 5.26 Å². The lowest BCUT2D eigenvalue weighted by atomic mass is 10.1. The second kappa shape index (κ2) is 6.14. The molecule has 0 spiro atoms. The second-order valence-electron chi connectivity index (χ2n) is 3.94. The van der Waals surface area contributed by atoms with E-state index in [1.807, 2.05) is 32.0 Å². The van der Waals surface area contributed by atoms with Gasteiger partial charge in [-0.05, 0) is 31.9 Å². The molecule has 0 unspecified atom stereocenters. The minimum atomic E-state index is -0.0356. The molecule has 1 rings (SSSR count). The van der Waals surface area contributed by atoms with Crippen molar-refractivity contribution in [2.45, 2.75) is 32.7 Å². The lowest BCUT2D eigenvalue weighted by molar-refractivity contribution is 0.308. The Morgan fingerprint density at radius 1 is 1.50 bits per heavy atom. The fourth-order valence-corrected chi connectivity index (χ4v) is 1.48. The molecule has 3 nitrogen and oxygen atoms in total. The quantitative estimate of drug-likeness (QED) is 0.773. The number of benzene rings is 1. The second-order valence-corrected chi connectivity index (χ2v) is 3.94. The van der Waals surface area contributed by atoms with Crippen LogP contribution in [0.5, 0.6) is 5.75 Å². The van der Waals surface area contributed by atoms with E-state index in [9.17, 15) is 0 Å². The average molecular weight is 218 g/mol. The lowest BCUT2D eigenvalue weighted by Crippen LogP contribution is -2.08. The number of unbranched alkanes of at least 4 members (excludes halogenated alkanes) is 1. The highest BCUT2D eigenvalue weighted by Crippen LogP contribution is 2.25. The third-order valence-electron chi connectivity index (χ3n) is 2.35. The first-order chi connectivity index (χ1) is 7.65. The van der Waals surface area contributed by atoms with Crippen LogP contribution in [0.25, 0.3) is 0 Å². The molecule has 16 heavy (non-hydrogen) atoms. The van der Waals surface area contributed by atoms with Gasteiger partial charge < -0.3 is 10.5 Å². The Bertz CT molecular complexity index is 380. The van der Waals surface area contributed by atoms with E-state index in [-0.39, 0.29) is 6.04 Å². The van der Waals surface area contributed by atoms with Crippen molar-refractivity contribution in [1.29, 1.82) is 5.26 Å². The molecule has 1 atom stereocenters. The third kappa shape index (κ3) is 3.56. The van der Waals surface area contributed by atoms with E-state index in [0.717, 1.165) is 23.3 Å². The van der Waals surface area contributed by atoms with Crippen LogP contribution in [0.15, 0.2) is 18.2 Å². The summed E-state index contributed by atoms with van der Waals surface area (Å²) in [6.45, 7) is 4.52. The molecule has 0 aromatic heterocycles. The van der Waals surface area contributed by atoms with E-state index in [2.05, 4.69) is 6.07 Å². The SMILES string of the molecule is Cc1ccc([C@H](C)N)c(OCCCC#N)c1. The van der Waals surface area contributed by atoms with Crippen LogP contribution in [0.1, 0.15) is 36.9 Å². The first-order valence-electron chi connectivity index (χ1n) is 5.51. The fraction of sp³-hybridized carbons (Fsp3) is 0.462. The van der Waals surface area contributed by atoms with Gasteiger partial charge in [-0.3, -0.25) is 0 Å². The van der Waals surface area contributed by atoms with Crippen molar-refractivity contribution in [3.05, 3.63) is 29.3 Å². The van der Waals surface area contributed by atoms with Gasteiger partial charge in [0, 0.05) is 18.0 Å². The summed E-state index contributed by atoms with van der Waals surface area (Å²) in [6, 6.07) is 8.08. The summed E-state index contributed by atoms with van der Waals surface area (Å²) in [5, 5.41) is 8.42. The highest BCUT2D eigenvalue weighted by molar-refractivity contribution is 5.38. The van der Waals surface area contributed by atoms with Crippen LogP contribution < -0.4 is 10.5 Å². The predicted octanol–water partition coefficient (Wildman–Crippen LogP) is 2.70. The normalized spacial score (nSPS) is 11.9. The van der Waals surface area contributed by atoms with Gasteiger partial charge in [-0.25, -0.2) is 0 Å². The van der Waals surface area contributed by atoms with E-state index in [1.54, 1.807) is 0 Å². The molecule has 0 saturated carbocycles. The van der Waals surface area contributed by atoms with Crippen LogP contribution in [0.3, 0.4) is 0 Å². The molecule has 3 heteroatoms. The average Bonchev–Trinajstić information content (AvgIpc) is 2.24. The zero-order valence-corrected chi connectivity index (χ0v) is 9.86. The standard InChI is InChI=1S/C13H18N2O/c1-10-5-6-12(11(2)15)13(9-10)16-8-4-3-7-14/h5-6,9,11H,3-4,8,15H2,1-2H3/t11-/m0/s1. The number of hydrogen-bond donors (Lipinski definition) is 1. The van der Waals surface area contributed by atoms with Crippen LogP contribution in [0.4, 0.5) is 0 Å². The molecule has 0 fully saturated rings. The highest BCUT2D eigenvalue weighted by Gasteiger charge is 2.07. The first-order valence-corrected chi connectivity index (χ1v) is 5.51. The maximum atomic E-state index is 8.42. The van der Waals surface area contributed by atoms with Crippen molar-refractivity contribution in [1.82, 2.24) is 0 Å². The molecule has 0 saturated heterocycles. The monoisotopic (exact) mass is 218 g/mol. The van der Waals surface area contributed by atoms with Crippen LogP contribution >= 0.6 is 0 Å². The van der Waals surface area contributed by atoms with E-state index in [0.29, 0.717) is 13.0 Å². The molecule has 1 aromatic rings. The van der Waals surface area contributed by atoms with Gasteiger partial charge in [0.2, 0.25) is 0 Å². The Hall–Kier alpha value is -1.53. The summed E-state index contributed by atoms with van der Waals surface area (Å²) in [5.41, 5.74) is 8.03. The predicted molar refractivity (Wildman–Crippen MR) is 64.1 cm³/mol. The molecule has 0 aliphatic carbocycles. The van der Waals surface area contributed by atoms with E-state index in [1.165, 1.54) is 0 Å². The summed E-state index contributed by atoms with van der Waals surface area (Å²) < 4.78 is 5.65. The minimum Gasteiger partial charge on any atom is -0.493 e. The molecule has 0 aliphatic heterocycles. The summed E-state index contributed by atoms with van der Waals surface area (Å²) in [6.07, 6.45) is 1.28. The maximum Gasteiger partial charge on any atom is 0.124 e. The number of aryl methyl sites for hydroxylation is 1. The first kappa shape index (κ1) is 12.5. The Balaban J connectivity index is 2.69. The summed E-state index contributed by atoms with van der Waals surface area (Å²) >= 11 is 0. The fourth-order valence-electron chi connectivity index (χ4n) is 1.48. The molecule has 0 radical (unpaired) electrons. The highest BCUT2D eigenvalue weighted by atomic mass is 16.5. The molecule has 1 aromatic carbocycles. The van der Waals surface area contributed by atoms with Crippen molar-refractivity contribution >= 4 is 0 Å². The molecular weight excluding hydrogens is 200 g/mol. The molecule has 0 bridgehead atoms.